The number of hydrogen-bond acceptors (Lipinski definition) is 3. The second-order valence-electron chi connectivity index (χ2n) is 5.46. The van der Waals surface area contributed by atoms with Crippen molar-refractivity contribution < 1.29 is 9.53 Å². The first-order chi connectivity index (χ1) is 8.92. The monoisotopic (exact) mass is 267 g/mol. The molecule has 0 aromatic carbocycles. The fraction of sp³-hybridized carbons (Fsp3) is 0.643. The molecule has 1 aromatic heterocycles. The third-order valence-corrected chi connectivity index (χ3v) is 2.58. The van der Waals surface area contributed by atoms with Gasteiger partial charge in [-0.1, -0.05) is 0 Å². The third-order valence-electron chi connectivity index (χ3n) is 2.58. The van der Waals surface area contributed by atoms with Gasteiger partial charge in [0.2, 0.25) is 0 Å². The maximum Gasteiger partial charge on any atom is 0.410 e. The molecule has 0 saturated carbocycles. The van der Waals surface area contributed by atoms with Gasteiger partial charge in [0.15, 0.2) is 0 Å². The SMILES string of the molecule is CCN(CCNCc1cc[nH]c1)C(=O)OC(C)(C)C. The molecule has 0 aliphatic carbocycles. The third kappa shape index (κ3) is 6.29. The first-order valence-electron chi connectivity index (χ1n) is 6.72. The molecular weight excluding hydrogens is 242 g/mol. The Balaban J connectivity index is 2.26. The molecule has 2 N–H and O–H groups in total. The van der Waals surface area contributed by atoms with Crippen LogP contribution in [0.15, 0.2) is 18.5 Å². The molecule has 0 bridgehead atoms. The van der Waals surface area contributed by atoms with Crippen molar-refractivity contribution in [3.05, 3.63) is 24.0 Å². The van der Waals surface area contributed by atoms with E-state index in [1.165, 1.54) is 5.56 Å². The Bertz CT molecular complexity index is 369. The van der Waals surface area contributed by atoms with Crippen molar-refractivity contribution in [3.63, 3.8) is 0 Å². The van der Waals surface area contributed by atoms with Crippen LogP contribution in [0.5, 0.6) is 0 Å². The summed E-state index contributed by atoms with van der Waals surface area (Å²) in [7, 11) is 0. The molecule has 0 aliphatic rings. The van der Waals surface area contributed by atoms with Gasteiger partial charge in [-0.3, -0.25) is 0 Å². The van der Waals surface area contributed by atoms with Crippen molar-refractivity contribution in [1.29, 1.82) is 0 Å². The average Bonchev–Trinajstić information content (AvgIpc) is 2.79. The number of H-pyrrole nitrogens is 1. The van der Waals surface area contributed by atoms with Crippen molar-refractivity contribution >= 4 is 6.09 Å². The number of rotatable bonds is 6. The van der Waals surface area contributed by atoms with Crippen LogP contribution in [0, 0.1) is 0 Å². The fourth-order valence-corrected chi connectivity index (χ4v) is 1.62. The summed E-state index contributed by atoms with van der Waals surface area (Å²) in [6.45, 7) is 10.4. The van der Waals surface area contributed by atoms with Gasteiger partial charge in [-0.15, -0.1) is 0 Å². The van der Waals surface area contributed by atoms with E-state index in [2.05, 4.69) is 10.3 Å². The minimum absolute atomic E-state index is 0.251. The summed E-state index contributed by atoms with van der Waals surface area (Å²) in [5.41, 5.74) is 0.767. The highest BCUT2D eigenvalue weighted by Crippen LogP contribution is 2.09. The number of nitrogens with zero attached hydrogens (tertiary/aromatic N) is 1. The standard InChI is InChI=1S/C14H25N3O2/c1-5-17(13(18)19-14(2,3)4)9-8-16-11-12-6-7-15-10-12/h6-7,10,15-16H,5,8-9,11H2,1-4H3. The maximum atomic E-state index is 11.9. The zero-order valence-electron chi connectivity index (χ0n) is 12.3. The molecule has 0 fully saturated rings. The van der Waals surface area contributed by atoms with Gasteiger partial charge in [0.25, 0.3) is 0 Å². The number of aromatic amines is 1. The molecule has 108 valence electrons. The molecule has 5 nitrogen and oxygen atoms in total. The van der Waals surface area contributed by atoms with Gasteiger partial charge in [-0.05, 0) is 39.3 Å². The summed E-state index contributed by atoms with van der Waals surface area (Å²) in [6.07, 6.45) is 3.60. The quantitative estimate of drug-likeness (QED) is 0.778. The Labute approximate surface area is 115 Å². The zero-order valence-corrected chi connectivity index (χ0v) is 12.3. The largest absolute Gasteiger partial charge is 0.444 e. The van der Waals surface area contributed by atoms with Crippen LogP contribution in [-0.4, -0.2) is 41.2 Å². The lowest BCUT2D eigenvalue weighted by atomic mass is 10.2. The fourth-order valence-electron chi connectivity index (χ4n) is 1.62. The van der Waals surface area contributed by atoms with Crippen LogP contribution >= 0.6 is 0 Å². The van der Waals surface area contributed by atoms with Crippen molar-refractivity contribution in [2.45, 2.75) is 39.8 Å². The number of ether oxygens (including phenoxy) is 1. The molecule has 0 radical (unpaired) electrons. The molecule has 1 rings (SSSR count). The number of carbonyl (C=O) groups is 1. The van der Waals surface area contributed by atoms with Gasteiger partial charge in [0.05, 0.1) is 0 Å². The van der Waals surface area contributed by atoms with Crippen LogP contribution in [0.1, 0.15) is 33.3 Å². The van der Waals surface area contributed by atoms with E-state index in [1.807, 2.05) is 46.2 Å². The van der Waals surface area contributed by atoms with Crippen molar-refractivity contribution in [2.75, 3.05) is 19.6 Å². The first kappa shape index (κ1) is 15.6. The van der Waals surface area contributed by atoms with E-state index in [0.29, 0.717) is 13.1 Å². The Morgan fingerprint density at radius 2 is 2.21 bits per heavy atom. The van der Waals surface area contributed by atoms with Crippen LogP contribution in [-0.2, 0) is 11.3 Å². The summed E-state index contributed by atoms with van der Waals surface area (Å²) >= 11 is 0. The molecule has 0 unspecified atom stereocenters. The van der Waals surface area contributed by atoms with Gasteiger partial charge in [-0.25, -0.2) is 4.79 Å². The average molecular weight is 267 g/mol. The first-order valence-corrected chi connectivity index (χ1v) is 6.72. The lowest BCUT2D eigenvalue weighted by Crippen LogP contribution is -2.40. The summed E-state index contributed by atoms with van der Waals surface area (Å²) in [5.74, 6) is 0. The van der Waals surface area contributed by atoms with E-state index in [9.17, 15) is 4.79 Å². The molecule has 5 heteroatoms. The van der Waals surface area contributed by atoms with E-state index < -0.39 is 5.60 Å². The van der Waals surface area contributed by atoms with Gasteiger partial charge in [-0.2, -0.15) is 0 Å². The highest BCUT2D eigenvalue weighted by Gasteiger charge is 2.20. The van der Waals surface area contributed by atoms with Crippen molar-refractivity contribution in [1.82, 2.24) is 15.2 Å². The molecule has 1 aromatic rings. The van der Waals surface area contributed by atoms with Crippen LogP contribution in [0.3, 0.4) is 0 Å². The summed E-state index contributed by atoms with van der Waals surface area (Å²) in [4.78, 5) is 16.6. The molecule has 0 spiro atoms. The number of amides is 1. The molecule has 0 saturated heterocycles. The molecule has 19 heavy (non-hydrogen) atoms. The molecular formula is C14H25N3O2. The topological polar surface area (TPSA) is 57.4 Å². The van der Waals surface area contributed by atoms with E-state index in [0.717, 1.165) is 13.1 Å². The minimum atomic E-state index is -0.441. The zero-order chi connectivity index (χ0) is 14.3. The molecule has 0 atom stereocenters. The summed E-state index contributed by atoms with van der Waals surface area (Å²) in [6, 6.07) is 2.03. The second kappa shape index (κ2) is 7.19. The summed E-state index contributed by atoms with van der Waals surface area (Å²) in [5, 5.41) is 3.30. The Hall–Kier alpha value is -1.49. The number of carbonyl (C=O) groups excluding carboxylic acids is 1. The number of hydrogen-bond donors (Lipinski definition) is 2. The van der Waals surface area contributed by atoms with Crippen LogP contribution in [0.25, 0.3) is 0 Å². The highest BCUT2D eigenvalue weighted by atomic mass is 16.6. The Kier molecular flexibility index (Phi) is 5.89. The van der Waals surface area contributed by atoms with Gasteiger partial charge in [0.1, 0.15) is 5.60 Å². The van der Waals surface area contributed by atoms with Crippen molar-refractivity contribution in [3.8, 4) is 0 Å². The number of likely N-dealkylation sites (N-methyl/N-ethyl adjacent to an activating group) is 1. The predicted molar refractivity (Wildman–Crippen MR) is 76.0 cm³/mol. The molecule has 1 amide bonds. The van der Waals surface area contributed by atoms with Gasteiger partial charge < -0.3 is 19.9 Å². The van der Waals surface area contributed by atoms with E-state index in [-0.39, 0.29) is 6.09 Å². The lowest BCUT2D eigenvalue weighted by Gasteiger charge is -2.26. The molecule has 0 aliphatic heterocycles. The normalized spacial score (nSPS) is 11.4. The lowest BCUT2D eigenvalue weighted by molar-refractivity contribution is 0.0262. The van der Waals surface area contributed by atoms with E-state index in [4.69, 9.17) is 4.74 Å². The Morgan fingerprint density at radius 3 is 2.74 bits per heavy atom. The van der Waals surface area contributed by atoms with Crippen molar-refractivity contribution in [2.24, 2.45) is 0 Å². The van der Waals surface area contributed by atoms with Crippen LogP contribution < -0.4 is 5.32 Å². The molecule has 1 heterocycles. The maximum absolute atomic E-state index is 11.9. The van der Waals surface area contributed by atoms with Crippen LogP contribution in [0.4, 0.5) is 4.79 Å². The smallest absolute Gasteiger partial charge is 0.410 e. The highest BCUT2D eigenvalue weighted by molar-refractivity contribution is 5.68. The number of nitrogens with one attached hydrogen (secondary N) is 2. The summed E-state index contributed by atoms with van der Waals surface area (Å²) < 4.78 is 5.35. The van der Waals surface area contributed by atoms with E-state index in [1.54, 1.807) is 4.90 Å². The second-order valence-corrected chi connectivity index (χ2v) is 5.46. The van der Waals surface area contributed by atoms with Gasteiger partial charge >= 0.3 is 6.09 Å². The van der Waals surface area contributed by atoms with Gasteiger partial charge in [0, 0.05) is 38.6 Å². The Morgan fingerprint density at radius 1 is 1.47 bits per heavy atom. The predicted octanol–water partition coefficient (Wildman–Crippen LogP) is 2.36. The van der Waals surface area contributed by atoms with E-state index >= 15 is 0 Å². The minimum Gasteiger partial charge on any atom is -0.444 e. The van der Waals surface area contributed by atoms with Crippen LogP contribution in [0.2, 0.25) is 0 Å². The number of aromatic nitrogens is 1.